The number of aliphatic imine (C=N–C) groups is 1. The second kappa shape index (κ2) is 21.8. The molecule has 3 aromatic rings. The highest BCUT2D eigenvalue weighted by atomic mass is 33.1. The number of hydrogen-bond donors (Lipinski definition) is 4. The van der Waals surface area contributed by atoms with Crippen molar-refractivity contribution in [3.05, 3.63) is 107 Å². The Bertz CT molecular complexity index is 2800. The molecule has 12 heteroatoms. The number of aliphatic hydroxyl groups is 1. The summed E-state index contributed by atoms with van der Waals surface area (Å²) in [5.74, 6) is 11.3. The molecule has 5 spiro atoms. The van der Waals surface area contributed by atoms with Crippen LogP contribution in [0.2, 0.25) is 0 Å². The molecule has 10 nitrogen and oxygen atoms in total. The summed E-state index contributed by atoms with van der Waals surface area (Å²) in [7, 11) is 4.06. The number of aryl methyl sites for hydroxylation is 2. The average Bonchev–Trinajstić information content (AvgIpc) is 4.28. The Morgan fingerprint density at radius 2 is 1.78 bits per heavy atom. The third kappa shape index (κ3) is 10.1. The first-order valence-corrected chi connectivity index (χ1v) is 32.1. The number of aromatic hydroxyl groups is 1. The highest BCUT2D eigenvalue weighted by molar-refractivity contribution is 8.77. The molecule has 4 saturated carbocycles. The lowest BCUT2D eigenvalue weighted by Crippen LogP contribution is -2.56. The number of phenolic OH excluding ortho intramolecular Hbond substituents is 1. The minimum absolute atomic E-state index is 0.0606. The van der Waals surface area contributed by atoms with Gasteiger partial charge in [-0.1, -0.05) is 107 Å². The average molecular weight is 1080 g/mol. The van der Waals surface area contributed by atoms with Crippen LogP contribution in [0.5, 0.6) is 11.5 Å². The highest BCUT2D eigenvalue weighted by Crippen LogP contribution is 2.67. The van der Waals surface area contributed by atoms with Gasteiger partial charge >= 0.3 is 5.97 Å². The molecule has 0 aromatic heterocycles. The van der Waals surface area contributed by atoms with E-state index in [0.29, 0.717) is 80.2 Å². The van der Waals surface area contributed by atoms with E-state index in [1.54, 1.807) is 0 Å². The van der Waals surface area contributed by atoms with E-state index in [0.717, 1.165) is 126 Å². The fraction of sp³-hybridized carbons (Fsp3) is 0.615. The summed E-state index contributed by atoms with van der Waals surface area (Å²) in [4.78, 5) is 35.1. The summed E-state index contributed by atoms with van der Waals surface area (Å²) in [5.41, 5.74) is 11.1. The number of guanidine groups is 1. The first-order valence-electron chi connectivity index (χ1n) is 29.8. The minimum atomic E-state index is -0.622. The molecule has 5 heterocycles. The van der Waals surface area contributed by atoms with Crippen molar-refractivity contribution in [1.82, 2.24) is 10.2 Å². The number of ether oxygens (including phenoxy) is 2. The Morgan fingerprint density at radius 1 is 0.948 bits per heavy atom. The van der Waals surface area contributed by atoms with E-state index >= 15 is 4.79 Å². The number of carbonyl (C=O) groups excluding carboxylic acids is 2. The van der Waals surface area contributed by atoms with Crippen molar-refractivity contribution < 1.29 is 29.3 Å². The molecule has 1 amide bonds. The van der Waals surface area contributed by atoms with Crippen molar-refractivity contribution in [2.45, 2.75) is 196 Å². The van der Waals surface area contributed by atoms with E-state index < -0.39 is 28.6 Å². The van der Waals surface area contributed by atoms with Crippen molar-refractivity contribution in [2.75, 3.05) is 18.8 Å². The Balaban J connectivity index is 0.937. The monoisotopic (exact) mass is 1080 g/mol. The number of nitrogens with one attached hydrogen (secondary N) is 1. The number of allylic oxidation sites excluding steroid dienone is 1. The summed E-state index contributed by atoms with van der Waals surface area (Å²) in [5, 5.41) is 28.4. The number of carbonyl (C=O) groups is 2. The van der Waals surface area contributed by atoms with Gasteiger partial charge in [-0.15, -0.1) is 5.92 Å². The highest BCUT2D eigenvalue weighted by Gasteiger charge is 2.65. The first kappa shape index (κ1) is 53.1. The van der Waals surface area contributed by atoms with E-state index in [4.69, 9.17) is 20.2 Å². The van der Waals surface area contributed by atoms with Crippen molar-refractivity contribution >= 4 is 39.4 Å². The molecular weight excluding hydrogens is 997 g/mol. The quantitative estimate of drug-likeness (QED) is 0.0843. The number of benzene rings is 3. The maximum Gasteiger partial charge on any atom is 0.302 e. The molecule has 13 rings (SSSR count). The number of phenols is 1. The van der Waals surface area contributed by atoms with Crippen LogP contribution in [0.25, 0.3) is 0 Å². The molecule has 5 aliphatic heterocycles. The predicted octanol–water partition coefficient (Wildman–Crippen LogP) is 12.4. The lowest BCUT2D eigenvalue weighted by atomic mass is 9.60. The topological polar surface area (TPSA) is 147 Å². The summed E-state index contributed by atoms with van der Waals surface area (Å²) < 4.78 is 13.2. The molecule has 5 N–H and O–H groups in total. The Labute approximate surface area is 465 Å². The van der Waals surface area contributed by atoms with E-state index in [2.05, 4.69) is 96.0 Å². The third-order valence-corrected chi connectivity index (χ3v) is 24.3. The lowest BCUT2D eigenvalue weighted by molar-refractivity contribution is -0.148. The molecule has 5 fully saturated rings. The van der Waals surface area contributed by atoms with Crippen LogP contribution >= 0.6 is 21.6 Å². The number of rotatable bonds is 5. The Kier molecular flexibility index (Phi) is 15.0. The molecule has 3 aromatic carbocycles. The van der Waals surface area contributed by atoms with Crippen molar-refractivity contribution in [3.8, 4) is 23.3 Å². The zero-order valence-corrected chi connectivity index (χ0v) is 47.1. The number of nitrogens with zero attached hydrogens (tertiary/aromatic N) is 2. The van der Waals surface area contributed by atoms with Crippen LogP contribution in [0.3, 0.4) is 0 Å². The van der Waals surface area contributed by atoms with Gasteiger partial charge in [-0.2, -0.15) is 0 Å². The molecule has 410 valence electrons. The maximum absolute atomic E-state index is 15.2. The summed E-state index contributed by atoms with van der Waals surface area (Å²) >= 11 is 0. The fourth-order valence-electron chi connectivity index (χ4n) is 17.0. The molecule has 12 unspecified atom stereocenters. The van der Waals surface area contributed by atoms with Crippen LogP contribution in [0.4, 0.5) is 0 Å². The Hall–Kier alpha value is -4.57. The number of amides is 1. The van der Waals surface area contributed by atoms with E-state index in [-0.39, 0.29) is 46.3 Å². The van der Waals surface area contributed by atoms with Crippen molar-refractivity contribution in [3.63, 3.8) is 0 Å². The van der Waals surface area contributed by atoms with E-state index in [9.17, 15) is 15.0 Å². The van der Waals surface area contributed by atoms with Gasteiger partial charge in [0.1, 0.15) is 16.6 Å². The van der Waals surface area contributed by atoms with Gasteiger partial charge in [-0.3, -0.25) is 14.6 Å². The van der Waals surface area contributed by atoms with Crippen LogP contribution in [0, 0.1) is 45.8 Å². The van der Waals surface area contributed by atoms with Crippen molar-refractivity contribution in [2.24, 2.45) is 44.7 Å². The summed E-state index contributed by atoms with van der Waals surface area (Å²) in [6.45, 7) is 2.58. The second-order valence-corrected chi connectivity index (χ2v) is 28.0. The van der Waals surface area contributed by atoms with Gasteiger partial charge < -0.3 is 35.6 Å². The molecule has 5 aliphatic carbocycles. The standard InChI is InChI=1S/C65H82N4O6S2/c1-44(70)74-54-24-23-49-35-51(58(73)59-57(49)50-26-34-64(75-59)30-11-19-52(64)36-50)40-69-43-63(39-56(69)72)55(48-17-6-3-7-18-48)27-33-62(63)28-10-16-46-25-32-61(38-46)29-12-31-65(61,68-60(66)67-42-62)77-76-41-47(15-8-9-20-53(71)37-54)22-21-45-13-4-2-5-14-45/h2-7,13-14,17-18,26,34-35,46-47,50,52-55,71,73H,8-9,11-12,15-16,19-25,27,29-33,36-43H2,1H3,(H3,66,67,68). The van der Waals surface area contributed by atoms with Gasteiger partial charge in [0.15, 0.2) is 17.5 Å². The number of esters is 1. The molecule has 1 saturated heterocycles. The lowest BCUT2D eigenvalue weighted by Gasteiger charge is -2.45. The van der Waals surface area contributed by atoms with E-state index in [1.165, 1.54) is 24.5 Å². The molecule has 10 aliphatic rings. The summed E-state index contributed by atoms with van der Waals surface area (Å²) in [6, 6.07) is 23.8. The number of hydrogen-bond acceptors (Lipinski definition) is 11. The van der Waals surface area contributed by atoms with Crippen LogP contribution in [0.15, 0.2) is 83.9 Å². The van der Waals surface area contributed by atoms with Crippen LogP contribution in [0.1, 0.15) is 181 Å². The van der Waals surface area contributed by atoms with Gasteiger partial charge in [-0.05, 0) is 162 Å². The molecule has 0 radical (unpaired) electrons. The maximum atomic E-state index is 15.2. The van der Waals surface area contributed by atoms with Gasteiger partial charge in [0.05, 0.1) is 18.1 Å². The molecular formula is C65H82N4O6S2. The molecule has 77 heavy (non-hydrogen) atoms. The van der Waals surface area contributed by atoms with Crippen LogP contribution in [-0.4, -0.2) is 74.5 Å². The zero-order valence-electron chi connectivity index (χ0n) is 45.5. The number of nitrogens with two attached hydrogens (primary N) is 1. The Morgan fingerprint density at radius 3 is 2.62 bits per heavy atom. The molecule has 10 bridgehead atoms. The van der Waals surface area contributed by atoms with Gasteiger partial charge in [-0.25, -0.2) is 0 Å². The van der Waals surface area contributed by atoms with Gasteiger partial charge in [0, 0.05) is 78.8 Å². The van der Waals surface area contributed by atoms with Crippen LogP contribution < -0.4 is 15.8 Å². The first-order chi connectivity index (χ1) is 37.4. The number of fused-ring (bicyclic) bond motifs is 6. The number of aliphatic hydroxyl groups excluding tert-OH is 1. The smallest absolute Gasteiger partial charge is 0.302 e. The molecule has 12 atom stereocenters. The SMILES string of the molecule is CC(=O)OC1CCc2cc(c(O)c3c2C2C=CC4(CCCC4C2)O3)CN2CC3(CC2=O)C(c2ccccc2)CCC32C#CCC3CCC4(CCCC4(NC(N)=NC2)SSCC(CCc2ccccc2)CCCCC(O)C1)C3. The van der Waals surface area contributed by atoms with Gasteiger partial charge in [0.25, 0.3) is 0 Å². The third-order valence-electron chi connectivity index (χ3n) is 20.9. The van der Waals surface area contributed by atoms with E-state index in [1.807, 2.05) is 26.5 Å². The van der Waals surface area contributed by atoms with Crippen LogP contribution in [-0.2, 0) is 33.7 Å². The fourth-order valence-corrected chi connectivity index (χ4v) is 20.9. The minimum Gasteiger partial charge on any atom is -0.504 e. The van der Waals surface area contributed by atoms with Crippen molar-refractivity contribution in [1.29, 1.82) is 0 Å². The summed E-state index contributed by atoms with van der Waals surface area (Å²) in [6.07, 6.45) is 24.4. The predicted molar refractivity (Wildman–Crippen MR) is 308 cm³/mol. The zero-order chi connectivity index (χ0) is 52.8. The largest absolute Gasteiger partial charge is 0.504 e. The normalized spacial score (nSPS) is 37.0. The second-order valence-electron chi connectivity index (χ2n) is 25.4. The van der Waals surface area contributed by atoms with Gasteiger partial charge in [0.2, 0.25) is 5.91 Å².